The molecule has 0 unspecified atom stereocenters. The highest BCUT2D eigenvalue weighted by Gasteiger charge is 2.24. The van der Waals surface area contributed by atoms with Gasteiger partial charge in [-0.1, -0.05) is 12.8 Å². The number of aromatic nitrogens is 4. The Bertz CT molecular complexity index is 1240. The highest BCUT2D eigenvalue weighted by Crippen LogP contribution is 2.31. The first-order valence-electron chi connectivity index (χ1n) is 11.6. The van der Waals surface area contributed by atoms with E-state index in [-0.39, 0.29) is 22.9 Å². The summed E-state index contributed by atoms with van der Waals surface area (Å²) in [7, 11) is 0. The number of Topliss-reactive ketones (excluding diaryl/α,β-unsaturated/α-hetero) is 1. The van der Waals surface area contributed by atoms with Crippen LogP contribution in [-0.4, -0.2) is 51.5 Å². The molecule has 1 saturated heterocycles. The minimum atomic E-state index is -0.260. The van der Waals surface area contributed by atoms with Crippen LogP contribution in [0.2, 0.25) is 0 Å². The van der Waals surface area contributed by atoms with E-state index in [2.05, 4.69) is 25.5 Å². The maximum absolute atomic E-state index is 13.2. The number of hydrogen-bond acceptors (Lipinski definition) is 8. The van der Waals surface area contributed by atoms with Gasteiger partial charge in [0.05, 0.1) is 23.1 Å². The number of carbonyl (C=O) groups excluding carboxylic acids is 1. The van der Waals surface area contributed by atoms with Crippen molar-refractivity contribution < 1.29 is 4.79 Å². The molecule has 2 fully saturated rings. The Morgan fingerprint density at radius 3 is 2.58 bits per heavy atom. The molecule has 0 bridgehead atoms. The third-order valence-corrected chi connectivity index (χ3v) is 6.62. The highest BCUT2D eigenvalue weighted by atomic mass is 16.1. The minimum absolute atomic E-state index is 0.0536. The van der Waals surface area contributed by atoms with Crippen molar-refractivity contribution in [2.45, 2.75) is 45.6 Å². The van der Waals surface area contributed by atoms with Gasteiger partial charge in [-0.05, 0) is 44.9 Å². The number of aryl methyl sites for hydroxylation is 1. The second-order valence-corrected chi connectivity index (χ2v) is 8.86. The SMILES string of the molecule is CC(=O)c1cc2c(C)nc(Nc3ccc(N4CCNCC4)cn3)nc2n(C2CCCC2)c1=O. The third kappa shape index (κ3) is 4.20. The Labute approximate surface area is 192 Å². The molecule has 1 aliphatic carbocycles. The molecule has 172 valence electrons. The third-order valence-electron chi connectivity index (χ3n) is 6.62. The lowest BCUT2D eigenvalue weighted by Crippen LogP contribution is -2.43. The predicted molar refractivity (Wildman–Crippen MR) is 129 cm³/mol. The van der Waals surface area contributed by atoms with Crippen LogP contribution < -0.4 is 21.1 Å². The molecule has 5 rings (SSSR count). The zero-order valence-corrected chi connectivity index (χ0v) is 19.1. The number of ketones is 1. The van der Waals surface area contributed by atoms with Crippen LogP contribution in [-0.2, 0) is 0 Å². The fraction of sp³-hybridized carbons (Fsp3) is 0.458. The first-order chi connectivity index (χ1) is 16.0. The van der Waals surface area contributed by atoms with Crippen molar-refractivity contribution in [2.75, 3.05) is 36.4 Å². The largest absolute Gasteiger partial charge is 0.368 e. The Morgan fingerprint density at radius 1 is 1.15 bits per heavy atom. The van der Waals surface area contributed by atoms with E-state index < -0.39 is 0 Å². The van der Waals surface area contributed by atoms with E-state index in [9.17, 15) is 9.59 Å². The van der Waals surface area contributed by atoms with Gasteiger partial charge in [-0.2, -0.15) is 4.98 Å². The van der Waals surface area contributed by atoms with Crippen LogP contribution in [0.25, 0.3) is 11.0 Å². The summed E-state index contributed by atoms with van der Waals surface area (Å²) in [4.78, 5) is 41.5. The van der Waals surface area contributed by atoms with Crippen LogP contribution in [0.5, 0.6) is 0 Å². The molecule has 0 spiro atoms. The van der Waals surface area contributed by atoms with Crippen LogP contribution in [0, 0.1) is 6.92 Å². The topological polar surface area (TPSA) is 105 Å². The van der Waals surface area contributed by atoms with Gasteiger partial charge < -0.3 is 15.5 Å². The number of hydrogen-bond donors (Lipinski definition) is 2. The van der Waals surface area contributed by atoms with Crippen LogP contribution in [0.4, 0.5) is 17.5 Å². The minimum Gasteiger partial charge on any atom is -0.368 e. The quantitative estimate of drug-likeness (QED) is 0.575. The molecule has 9 heteroatoms. The number of carbonyl (C=O) groups is 1. The van der Waals surface area contributed by atoms with Crippen LogP contribution >= 0.6 is 0 Å². The highest BCUT2D eigenvalue weighted by molar-refractivity contribution is 5.97. The summed E-state index contributed by atoms with van der Waals surface area (Å²) < 4.78 is 1.72. The number of pyridine rings is 2. The van der Waals surface area contributed by atoms with Gasteiger partial charge in [0, 0.05) is 37.6 Å². The normalized spacial score (nSPS) is 17.0. The fourth-order valence-electron chi connectivity index (χ4n) is 4.85. The number of anilines is 3. The van der Waals surface area contributed by atoms with Crippen LogP contribution in [0.1, 0.15) is 54.7 Å². The second kappa shape index (κ2) is 8.90. The molecule has 1 saturated carbocycles. The van der Waals surface area contributed by atoms with Crippen LogP contribution in [0.3, 0.4) is 0 Å². The number of rotatable bonds is 5. The summed E-state index contributed by atoms with van der Waals surface area (Å²) in [5.74, 6) is 0.802. The Kier molecular flexibility index (Phi) is 5.80. The van der Waals surface area contributed by atoms with Gasteiger partial charge in [0.1, 0.15) is 11.5 Å². The maximum atomic E-state index is 13.2. The zero-order chi connectivity index (χ0) is 22.9. The van der Waals surface area contributed by atoms with Gasteiger partial charge in [-0.3, -0.25) is 14.2 Å². The molecule has 1 aliphatic heterocycles. The lowest BCUT2D eigenvalue weighted by atomic mass is 10.1. The molecule has 0 radical (unpaired) electrons. The van der Waals surface area contributed by atoms with Crippen molar-refractivity contribution in [3.8, 4) is 0 Å². The van der Waals surface area contributed by atoms with E-state index in [4.69, 9.17) is 4.98 Å². The summed E-state index contributed by atoms with van der Waals surface area (Å²) in [5, 5.41) is 7.28. The molecular weight excluding hydrogens is 418 g/mol. The molecular formula is C24H29N7O2. The van der Waals surface area contributed by atoms with Crippen molar-refractivity contribution in [1.82, 2.24) is 24.8 Å². The summed E-state index contributed by atoms with van der Waals surface area (Å²) in [5.41, 5.74) is 2.32. The molecule has 0 amide bonds. The Hall–Kier alpha value is -3.33. The summed E-state index contributed by atoms with van der Waals surface area (Å²) in [6.45, 7) is 7.17. The molecule has 3 aromatic rings. The molecule has 0 atom stereocenters. The summed E-state index contributed by atoms with van der Waals surface area (Å²) in [6.07, 6.45) is 5.83. The van der Waals surface area contributed by atoms with Crippen molar-refractivity contribution in [2.24, 2.45) is 0 Å². The van der Waals surface area contributed by atoms with Gasteiger partial charge >= 0.3 is 0 Å². The van der Waals surface area contributed by atoms with E-state index in [1.807, 2.05) is 25.3 Å². The van der Waals surface area contributed by atoms with Crippen LogP contribution in [0.15, 0.2) is 29.2 Å². The fourth-order valence-corrected chi connectivity index (χ4v) is 4.85. The van der Waals surface area contributed by atoms with Gasteiger partial charge in [0.15, 0.2) is 5.78 Å². The molecule has 0 aromatic carbocycles. The van der Waals surface area contributed by atoms with E-state index in [0.717, 1.165) is 62.9 Å². The monoisotopic (exact) mass is 447 g/mol. The van der Waals surface area contributed by atoms with E-state index in [1.165, 1.54) is 6.92 Å². The van der Waals surface area contributed by atoms with E-state index in [1.54, 1.807) is 10.6 Å². The van der Waals surface area contributed by atoms with Crippen molar-refractivity contribution in [1.29, 1.82) is 0 Å². The summed E-state index contributed by atoms with van der Waals surface area (Å²) >= 11 is 0. The van der Waals surface area contributed by atoms with E-state index in [0.29, 0.717) is 23.1 Å². The Morgan fingerprint density at radius 2 is 1.91 bits per heavy atom. The first-order valence-corrected chi connectivity index (χ1v) is 11.6. The smallest absolute Gasteiger partial charge is 0.263 e. The van der Waals surface area contributed by atoms with Crippen molar-refractivity contribution >= 4 is 34.3 Å². The predicted octanol–water partition coefficient (Wildman–Crippen LogP) is 2.97. The van der Waals surface area contributed by atoms with E-state index >= 15 is 0 Å². The van der Waals surface area contributed by atoms with Gasteiger partial charge in [-0.25, -0.2) is 9.97 Å². The average molecular weight is 448 g/mol. The molecule has 2 N–H and O–H groups in total. The van der Waals surface area contributed by atoms with Gasteiger partial charge in [0.2, 0.25) is 5.95 Å². The lowest BCUT2D eigenvalue weighted by molar-refractivity contribution is 0.101. The van der Waals surface area contributed by atoms with Crippen molar-refractivity contribution in [3.05, 3.63) is 46.0 Å². The number of nitrogens with zero attached hydrogens (tertiary/aromatic N) is 5. The number of fused-ring (bicyclic) bond motifs is 1. The number of nitrogens with one attached hydrogen (secondary N) is 2. The lowest BCUT2D eigenvalue weighted by Gasteiger charge is -2.29. The second-order valence-electron chi connectivity index (χ2n) is 8.86. The molecule has 4 heterocycles. The maximum Gasteiger partial charge on any atom is 0.263 e. The molecule has 3 aromatic heterocycles. The standard InChI is InChI=1S/C24H29N7O2/c1-15-19-13-20(16(2)32)23(33)31(17-5-3-4-6-17)22(19)29-24(27-15)28-21-8-7-18(14-26-21)30-11-9-25-10-12-30/h7-8,13-14,17,25H,3-6,9-12H2,1-2H3,(H,26,27,28,29). The molecule has 33 heavy (non-hydrogen) atoms. The number of piperazine rings is 1. The van der Waals surface area contributed by atoms with Gasteiger partial charge in [-0.15, -0.1) is 0 Å². The van der Waals surface area contributed by atoms with Gasteiger partial charge in [0.25, 0.3) is 5.56 Å². The first kappa shape index (κ1) is 21.5. The average Bonchev–Trinajstić information content (AvgIpc) is 3.34. The molecule has 9 nitrogen and oxygen atoms in total. The molecule has 2 aliphatic rings. The zero-order valence-electron chi connectivity index (χ0n) is 19.1. The summed E-state index contributed by atoms with van der Waals surface area (Å²) in [6, 6.07) is 5.66. The Balaban J connectivity index is 1.52. The van der Waals surface area contributed by atoms with Crippen molar-refractivity contribution in [3.63, 3.8) is 0 Å².